The number of carbonyl (C=O) groups excluding carboxylic acids is 1. The molecule has 0 aliphatic carbocycles. The first kappa shape index (κ1) is 14.8. The minimum atomic E-state index is -0.637. The normalized spacial score (nSPS) is 10.5. The molecule has 6 nitrogen and oxygen atoms in total. The van der Waals surface area contributed by atoms with Gasteiger partial charge in [0.05, 0.1) is 0 Å². The number of H-pyrrole nitrogens is 1. The Labute approximate surface area is 133 Å². The van der Waals surface area contributed by atoms with Crippen molar-refractivity contribution in [1.82, 2.24) is 15.4 Å². The summed E-state index contributed by atoms with van der Waals surface area (Å²) in [6.07, 6.45) is 0. The van der Waals surface area contributed by atoms with Crippen LogP contribution in [-0.2, 0) is 6.61 Å². The number of aromatic nitrogens is 3. The van der Waals surface area contributed by atoms with Gasteiger partial charge in [-0.25, -0.2) is 0 Å². The third kappa shape index (κ3) is 3.06. The second-order valence-corrected chi connectivity index (χ2v) is 5.10. The summed E-state index contributed by atoms with van der Waals surface area (Å²) in [5, 5.41) is 10.3. The number of benzene rings is 2. The molecular weight excluding hydrogens is 292 g/mol. The summed E-state index contributed by atoms with van der Waals surface area (Å²) in [6, 6.07) is 15.4. The standard InChI is InChI=1S/C17H16N4O2/c1-11-6-2-3-7-12(11)10-23-14-9-5-4-8-13(14)15-16(17(18)22)20-21-19-15/h2-9H,10H2,1H3,(H2,18,22)(H,19,20,21). The number of rotatable bonds is 5. The molecule has 0 bridgehead atoms. The third-order valence-corrected chi connectivity index (χ3v) is 3.57. The molecule has 1 aromatic heterocycles. The Balaban J connectivity index is 1.91. The van der Waals surface area contributed by atoms with Crippen LogP contribution in [0.2, 0.25) is 0 Å². The molecule has 0 unspecified atom stereocenters. The van der Waals surface area contributed by atoms with Gasteiger partial charge in [0, 0.05) is 5.56 Å². The number of hydrogen-bond acceptors (Lipinski definition) is 4. The minimum absolute atomic E-state index is 0.0944. The summed E-state index contributed by atoms with van der Waals surface area (Å²) in [4.78, 5) is 11.5. The first-order valence-corrected chi connectivity index (χ1v) is 7.14. The van der Waals surface area contributed by atoms with Crippen LogP contribution in [-0.4, -0.2) is 21.3 Å². The maximum absolute atomic E-state index is 11.5. The molecule has 0 fully saturated rings. The fourth-order valence-corrected chi connectivity index (χ4v) is 2.31. The summed E-state index contributed by atoms with van der Waals surface area (Å²) in [6.45, 7) is 2.46. The van der Waals surface area contributed by atoms with E-state index in [0.29, 0.717) is 23.6 Å². The predicted octanol–water partition coefficient (Wildman–Crippen LogP) is 2.46. The van der Waals surface area contributed by atoms with E-state index in [4.69, 9.17) is 10.5 Å². The first-order chi connectivity index (χ1) is 11.2. The number of nitrogens with two attached hydrogens (primary N) is 1. The maximum atomic E-state index is 11.5. The number of ether oxygens (including phenoxy) is 1. The molecule has 0 saturated carbocycles. The number of amides is 1. The molecule has 116 valence electrons. The number of aromatic amines is 1. The Kier molecular flexibility index (Phi) is 4.05. The molecule has 3 aromatic rings. The number of aryl methyl sites for hydroxylation is 1. The Morgan fingerprint density at radius 2 is 1.87 bits per heavy atom. The van der Waals surface area contributed by atoms with Gasteiger partial charge in [0.1, 0.15) is 18.1 Å². The van der Waals surface area contributed by atoms with Crippen LogP contribution in [0.1, 0.15) is 21.6 Å². The maximum Gasteiger partial charge on any atom is 0.271 e. The highest BCUT2D eigenvalue weighted by Crippen LogP contribution is 2.30. The van der Waals surface area contributed by atoms with E-state index < -0.39 is 5.91 Å². The monoisotopic (exact) mass is 308 g/mol. The largest absolute Gasteiger partial charge is 0.488 e. The lowest BCUT2D eigenvalue weighted by Gasteiger charge is -2.11. The van der Waals surface area contributed by atoms with Crippen LogP contribution in [0.15, 0.2) is 48.5 Å². The smallest absolute Gasteiger partial charge is 0.271 e. The molecule has 1 heterocycles. The highest BCUT2D eigenvalue weighted by Gasteiger charge is 2.18. The summed E-state index contributed by atoms with van der Waals surface area (Å²) in [5.74, 6) is -0.0189. The van der Waals surface area contributed by atoms with Gasteiger partial charge < -0.3 is 10.5 Å². The molecule has 1 amide bonds. The van der Waals surface area contributed by atoms with Gasteiger partial charge in [-0.05, 0) is 30.2 Å². The molecule has 0 atom stereocenters. The van der Waals surface area contributed by atoms with Crippen molar-refractivity contribution in [3.63, 3.8) is 0 Å². The summed E-state index contributed by atoms with van der Waals surface area (Å²) in [7, 11) is 0. The summed E-state index contributed by atoms with van der Waals surface area (Å²) in [5.41, 5.74) is 8.73. The predicted molar refractivity (Wildman–Crippen MR) is 85.8 cm³/mol. The highest BCUT2D eigenvalue weighted by atomic mass is 16.5. The molecule has 0 aliphatic heterocycles. The Hall–Kier alpha value is -3.15. The van der Waals surface area contributed by atoms with Gasteiger partial charge in [0.25, 0.3) is 5.91 Å². The van der Waals surface area contributed by atoms with Gasteiger partial charge in [-0.2, -0.15) is 15.4 Å². The van der Waals surface area contributed by atoms with Crippen LogP contribution < -0.4 is 10.5 Å². The fraction of sp³-hybridized carbons (Fsp3) is 0.118. The van der Waals surface area contributed by atoms with Gasteiger partial charge in [0.15, 0.2) is 5.69 Å². The molecule has 2 aromatic carbocycles. The number of para-hydroxylation sites is 1. The summed E-state index contributed by atoms with van der Waals surface area (Å²) < 4.78 is 5.93. The Morgan fingerprint density at radius 3 is 2.65 bits per heavy atom. The van der Waals surface area contributed by atoms with E-state index in [2.05, 4.69) is 15.4 Å². The van der Waals surface area contributed by atoms with Crippen molar-refractivity contribution in [3.8, 4) is 17.0 Å². The lowest BCUT2D eigenvalue weighted by molar-refractivity contribution is 0.0996. The molecular formula is C17H16N4O2. The van der Waals surface area contributed by atoms with Gasteiger partial charge in [0.2, 0.25) is 0 Å². The average Bonchev–Trinajstić information content (AvgIpc) is 3.04. The third-order valence-electron chi connectivity index (χ3n) is 3.57. The van der Waals surface area contributed by atoms with Crippen molar-refractivity contribution in [2.45, 2.75) is 13.5 Å². The second-order valence-electron chi connectivity index (χ2n) is 5.10. The second kappa shape index (κ2) is 6.31. The van der Waals surface area contributed by atoms with E-state index in [-0.39, 0.29) is 5.69 Å². The quantitative estimate of drug-likeness (QED) is 0.757. The van der Waals surface area contributed by atoms with E-state index in [9.17, 15) is 4.79 Å². The number of nitrogens with zero attached hydrogens (tertiary/aromatic N) is 2. The zero-order chi connectivity index (χ0) is 16.2. The van der Waals surface area contributed by atoms with E-state index in [1.165, 1.54) is 0 Å². The van der Waals surface area contributed by atoms with E-state index in [1.807, 2.05) is 55.5 Å². The van der Waals surface area contributed by atoms with E-state index >= 15 is 0 Å². The van der Waals surface area contributed by atoms with Crippen LogP contribution >= 0.6 is 0 Å². The fourth-order valence-electron chi connectivity index (χ4n) is 2.31. The van der Waals surface area contributed by atoms with Crippen molar-refractivity contribution >= 4 is 5.91 Å². The zero-order valence-corrected chi connectivity index (χ0v) is 12.6. The van der Waals surface area contributed by atoms with Crippen molar-refractivity contribution in [1.29, 1.82) is 0 Å². The number of hydrogen-bond donors (Lipinski definition) is 2. The van der Waals surface area contributed by atoms with Gasteiger partial charge in [-0.1, -0.05) is 36.4 Å². The number of primary amides is 1. The van der Waals surface area contributed by atoms with Crippen molar-refractivity contribution in [3.05, 3.63) is 65.4 Å². The molecule has 0 saturated heterocycles. The molecule has 0 radical (unpaired) electrons. The molecule has 0 aliphatic rings. The average molecular weight is 308 g/mol. The summed E-state index contributed by atoms with van der Waals surface area (Å²) >= 11 is 0. The van der Waals surface area contributed by atoms with E-state index in [1.54, 1.807) is 0 Å². The number of carbonyl (C=O) groups is 1. The lowest BCUT2D eigenvalue weighted by atomic mass is 10.1. The van der Waals surface area contributed by atoms with Gasteiger partial charge in [-0.15, -0.1) is 0 Å². The SMILES string of the molecule is Cc1ccccc1COc1ccccc1-c1n[nH]nc1C(N)=O. The molecule has 23 heavy (non-hydrogen) atoms. The topological polar surface area (TPSA) is 93.9 Å². The molecule has 3 rings (SSSR count). The van der Waals surface area contributed by atoms with Crippen LogP contribution in [0.3, 0.4) is 0 Å². The van der Waals surface area contributed by atoms with E-state index in [0.717, 1.165) is 11.1 Å². The van der Waals surface area contributed by atoms with Crippen LogP contribution in [0, 0.1) is 6.92 Å². The molecule has 3 N–H and O–H groups in total. The van der Waals surface area contributed by atoms with Crippen LogP contribution in [0.25, 0.3) is 11.3 Å². The first-order valence-electron chi connectivity index (χ1n) is 7.14. The van der Waals surface area contributed by atoms with Crippen LogP contribution in [0.4, 0.5) is 0 Å². The zero-order valence-electron chi connectivity index (χ0n) is 12.6. The van der Waals surface area contributed by atoms with Gasteiger partial charge >= 0.3 is 0 Å². The Bertz CT molecular complexity index is 842. The Morgan fingerprint density at radius 1 is 1.13 bits per heavy atom. The minimum Gasteiger partial charge on any atom is -0.488 e. The molecule has 6 heteroatoms. The van der Waals surface area contributed by atoms with Crippen molar-refractivity contribution in [2.24, 2.45) is 5.73 Å². The highest BCUT2D eigenvalue weighted by molar-refractivity contribution is 5.97. The van der Waals surface area contributed by atoms with Crippen molar-refractivity contribution < 1.29 is 9.53 Å². The van der Waals surface area contributed by atoms with Crippen molar-refractivity contribution in [2.75, 3.05) is 0 Å². The lowest BCUT2D eigenvalue weighted by Crippen LogP contribution is -2.13. The van der Waals surface area contributed by atoms with Gasteiger partial charge in [-0.3, -0.25) is 4.79 Å². The van der Waals surface area contributed by atoms with Crippen LogP contribution in [0.5, 0.6) is 5.75 Å². The molecule has 0 spiro atoms. The number of nitrogens with one attached hydrogen (secondary N) is 1.